The minimum atomic E-state index is -0.436. The van der Waals surface area contributed by atoms with Crippen molar-refractivity contribution in [2.75, 3.05) is 7.11 Å². The monoisotopic (exact) mass is 217 g/mol. The minimum absolute atomic E-state index is 0.205. The molecule has 0 radical (unpaired) electrons. The van der Waals surface area contributed by atoms with Crippen LogP contribution in [0, 0.1) is 11.3 Å². The van der Waals surface area contributed by atoms with E-state index in [-0.39, 0.29) is 6.42 Å². The van der Waals surface area contributed by atoms with Crippen LogP contribution in [-0.2, 0) is 4.79 Å². The van der Waals surface area contributed by atoms with Gasteiger partial charge in [0.05, 0.1) is 19.4 Å². The van der Waals surface area contributed by atoms with Crippen molar-refractivity contribution in [3.8, 4) is 11.8 Å². The molecule has 0 unspecified atom stereocenters. The number of carbonyl (C=O) groups excluding carboxylic acids is 1. The van der Waals surface area contributed by atoms with E-state index in [4.69, 9.17) is 10.00 Å². The molecule has 5 nitrogen and oxygen atoms in total. The third-order valence-electron chi connectivity index (χ3n) is 1.77. The summed E-state index contributed by atoms with van der Waals surface area (Å²) in [5, 5.41) is 12.0. The maximum Gasteiger partial charge on any atom is 0.254 e. The fraction of sp³-hybridized carbons (Fsp3) is 0.182. The summed E-state index contributed by atoms with van der Waals surface area (Å²) in [7, 11) is 1.56. The number of amides is 1. The molecule has 1 N–H and O–H groups in total. The lowest BCUT2D eigenvalue weighted by Gasteiger charge is -2.02. The van der Waals surface area contributed by atoms with Gasteiger partial charge in [0.25, 0.3) is 5.91 Å². The lowest BCUT2D eigenvalue weighted by Crippen LogP contribution is -2.16. The van der Waals surface area contributed by atoms with Crippen LogP contribution in [-0.4, -0.2) is 19.2 Å². The van der Waals surface area contributed by atoms with Gasteiger partial charge < -0.3 is 4.74 Å². The molecular weight excluding hydrogens is 206 g/mol. The zero-order chi connectivity index (χ0) is 11.8. The van der Waals surface area contributed by atoms with E-state index in [0.29, 0.717) is 5.75 Å². The highest BCUT2D eigenvalue weighted by Crippen LogP contribution is 2.14. The van der Waals surface area contributed by atoms with Gasteiger partial charge in [0.15, 0.2) is 0 Å². The SMILES string of the molecule is COc1ccccc1/C=N\NC(=O)CC#N. The Kier molecular flexibility index (Phi) is 4.54. The number of para-hydroxylation sites is 1. The van der Waals surface area contributed by atoms with Crippen molar-refractivity contribution in [3.63, 3.8) is 0 Å². The average molecular weight is 217 g/mol. The molecule has 1 amide bonds. The molecule has 0 fully saturated rings. The first-order valence-electron chi connectivity index (χ1n) is 4.60. The topological polar surface area (TPSA) is 74.5 Å². The highest BCUT2D eigenvalue weighted by atomic mass is 16.5. The van der Waals surface area contributed by atoms with E-state index in [9.17, 15) is 4.79 Å². The Labute approximate surface area is 93.3 Å². The summed E-state index contributed by atoms with van der Waals surface area (Å²) in [6.07, 6.45) is 1.26. The second-order valence-corrected chi connectivity index (χ2v) is 2.87. The Balaban J connectivity index is 2.63. The number of benzene rings is 1. The predicted molar refractivity (Wildman–Crippen MR) is 59.0 cm³/mol. The normalized spacial score (nSPS) is 9.75. The molecule has 0 spiro atoms. The van der Waals surface area contributed by atoms with Gasteiger partial charge in [0, 0.05) is 5.56 Å². The van der Waals surface area contributed by atoms with Crippen molar-refractivity contribution in [1.82, 2.24) is 5.43 Å². The summed E-state index contributed by atoms with van der Waals surface area (Å²) in [5.74, 6) is 0.231. The van der Waals surface area contributed by atoms with Crippen LogP contribution in [0.2, 0.25) is 0 Å². The van der Waals surface area contributed by atoms with Crippen LogP contribution in [0.3, 0.4) is 0 Å². The van der Waals surface area contributed by atoms with Gasteiger partial charge in [-0.3, -0.25) is 4.79 Å². The zero-order valence-corrected chi connectivity index (χ0v) is 8.80. The summed E-state index contributed by atoms with van der Waals surface area (Å²) in [6, 6.07) is 8.99. The van der Waals surface area contributed by atoms with E-state index in [0.717, 1.165) is 5.56 Å². The van der Waals surface area contributed by atoms with Crippen molar-refractivity contribution >= 4 is 12.1 Å². The van der Waals surface area contributed by atoms with E-state index < -0.39 is 5.91 Å². The summed E-state index contributed by atoms with van der Waals surface area (Å²) in [5.41, 5.74) is 2.99. The van der Waals surface area contributed by atoms with Crippen LogP contribution in [0.5, 0.6) is 5.75 Å². The zero-order valence-electron chi connectivity index (χ0n) is 8.80. The van der Waals surface area contributed by atoms with E-state index in [1.807, 2.05) is 12.1 Å². The fourth-order valence-electron chi connectivity index (χ4n) is 1.06. The molecule has 1 rings (SSSR count). The van der Waals surface area contributed by atoms with Crippen LogP contribution >= 0.6 is 0 Å². The maximum atomic E-state index is 10.9. The highest BCUT2D eigenvalue weighted by molar-refractivity contribution is 5.85. The van der Waals surface area contributed by atoms with Crippen LogP contribution in [0.15, 0.2) is 29.4 Å². The van der Waals surface area contributed by atoms with Crippen LogP contribution in [0.25, 0.3) is 0 Å². The summed E-state index contributed by atoms with van der Waals surface area (Å²) in [6.45, 7) is 0. The second-order valence-electron chi connectivity index (χ2n) is 2.87. The first kappa shape index (κ1) is 11.7. The van der Waals surface area contributed by atoms with Gasteiger partial charge in [-0.05, 0) is 12.1 Å². The van der Waals surface area contributed by atoms with Gasteiger partial charge in [-0.2, -0.15) is 10.4 Å². The van der Waals surface area contributed by atoms with Gasteiger partial charge in [0.2, 0.25) is 0 Å². The van der Waals surface area contributed by atoms with Crippen molar-refractivity contribution in [3.05, 3.63) is 29.8 Å². The Morgan fingerprint density at radius 1 is 1.62 bits per heavy atom. The molecular formula is C11H11N3O2. The second kappa shape index (κ2) is 6.19. The number of nitrogens with zero attached hydrogens (tertiary/aromatic N) is 2. The Hall–Kier alpha value is -2.35. The van der Waals surface area contributed by atoms with E-state index >= 15 is 0 Å². The molecule has 1 aromatic carbocycles. The molecule has 16 heavy (non-hydrogen) atoms. The van der Waals surface area contributed by atoms with Gasteiger partial charge in [-0.25, -0.2) is 5.43 Å². The summed E-state index contributed by atoms with van der Waals surface area (Å²) >= 11 is 0. The largest absolute Gasteiger partial charge is 0.496 e. The van der Waals surface area contributed by atoms with E-state index in [1.165, 1.54) is 6.21 Å². The molecule has 82 valence electrons. The highest BCUT2D eigenvalue weighted by Gasteiger charge is 1.98. The number of carbonyl (C=O) groups is 1. The first-order chi connectivity index (χ1) is 7.77. The number of rotatable bonds is 4. The minimum Gasteiger partial charge on any atom is -0.496 e. The third kappa shape index (κ3) is 3.42. The summed E-state index contributed by atoms with van der Waals surface area (Å²) in [4.78, 5) is 10.9. The average Bonchev–Trinajstić information content (AvgIpc) is 2.30. The number of hydrogen-bond donors (Lipinski definition) is 1. The molecule has 0 heterocycles. The predicted octanol–water partition coefficient (Wildman–Crippen LogP) is 1.06. The van der Waals surface area contributed by atoms with E-state index in [1.54, 1.807) is 25.3 Å². The molecule has 0 saturated carbocycles. The molecule has 0 saturated heterocycles. The maximum absolute atomic E-state index is 10.9. The number of nitrogens with one attached hydrogen (secondary N) is 1. The molecule has 1 aromatic rings. The van der Waals surface area contributed by atoms with Gasteiger partial charge >= 0.3 is 0 Å². The fourth-order valence-corrected chi connectivity index (χ4v) is 1.06. The van der Waals surface area contributed by atoms with Crippen molar-refractivity contribution in [1.29, 1.82) is 5.26 Å². The van der Waals surface area contributed by atoms with Gasteiger partial charge in [-0.15, -0.1) is 0 Å². The van der Waals surface area contributed by atoms with Gasteiger partial charge in [0.1, 0.15) is 12.2 Å². The third-order valence-corrected chi connectivity index (χ3v) is 1.77. The summed E-state index contributed by atoms with van der Waals surface area (Å²) < 4.78 is 5.09. The molecule has 0 aliphatic heterocycles. The van der Waals surface area contributed by atoms with Crippen molar-refractivity contribution in [2.24, 2.45) is 5.10 Å². The Bertz CT molecular complexity index is 435. The molecule has 0 atom stereocenters. The number of nitriles is 1. The van der Waals surface area contributed by atoms with Crippen LogP contribution < -0.4 is 10.2 Å². The molecule has 0 bridgehead atoms. The smallest absolute Gasteiger partial charge is 0.254 e. The number of hydrazone groups is 1. The van der Waals surface area contributed by atoms with Crippen molar-refractivity contribution in [2.45, 2.75) is 6.42 Å². The van der Waals surface area contributed by atoms with Crippen molar-refractivity contribution < 1.29 is 9.53 Å². The molecule has 5 heteroatoms. The van der Waals surface area contributed by atoms with E-state index in [2.05, 4.69) is 10.5 Å². The molecule has 0 aromatic heterocycles. The Morgan fingerprint density at radius 2 is 2.38 bits per heavy atom. The van der Waals surface area contributed by atoms with Gasteiger partial charge in [-0.1, -0.05) is 12.1 Å². The quantitative estimate of drug-likeness (QED) is 0.605. The lowest BCUT2D eigenvalue weighted by atomic mass is 10.2. The van der Waals surface area contributed by atoms with Crippen LogP contribution in [0.1, 0.15) is 12.0 Å². The molecule has 0 aliphatic rings. The lowest BCUT2D eigenvalue weighted by molar-refractivity contribution is -0.120. The Morgan fingerprint density at radius 3 is 3.06 bits per heavy atom. The number of ether oxygens (including phenoxy) is 1. The number of methoxy groups -OCH3 is 1. The number of hydrogen-bond acceptors (Lipinski definition) is 4. The molecule has 0 aliphatic carbocycles. The van der Waals surface area contributed by atoms with Crippen LogP contribution in [0.4, 0.5) is 0 Å². The standard InChI is InChI=1S/C11H11N3O2/c1-16-10-5-3-2-4-9(10)8-13-14-11(15)6-7-12/h2-5,8H,6H2,1H3,(H,14,15)/b13-8-. The first-order valence-corrected chi connectivity index (χ1v) is 4.60.